The normalized spacial score (nSPS) is 11.3. The lowest BCUT2D eigenvalue weighted by molar-refractivity contribution is 0.974. The Hall–Kier alpha value is -1.82. The van der Waals surface area contributed by atoms with Crippen LogP contribution in [0.15, 0.2) is 32.3 Å². The first-order chi connectivity index (χ1) is 7.66. The van der Waals surface area contributed by atoms with Crippen molar-refractivity contribution in [3.8, 4) is 0 Å². The molecule has 0 aliphatic heterocycles. The van der Waals surface area contributed by atoms with Crippen LogP contribution in [0.5, 0.6) is 0 Å². The highest BCUT2D eigenvalue weighted by Crippen LogP contribution is 2.23. The van der Waals surface area contributed by atoms with Crippen LogP contribution in [0.4, 0.5) is 0 Å². The van der Waals surface area contributed by atoms with Gasteiger partial charge < -0.3 is 4.98 Å². The Morgan fingerprint density at radius 1 is 1.06 bits per heavy atom. The zero-order valence-corrected chi connectivity index (χ0v) is 9.51. The zero-order chi connectivity index (χ0) is 11.3. The van der Waals surface area contributed by atoms with Gasteiger partial charge in [-0.2, -0.15) is 0 Å². The number of halogens is 1. The van der Waals surface area contributed by atoms with Crippen molar-refractivity contribution < 1.29 is 0 Å². The molecule has 5 nitrogen and oxygen atoms in total. The van der Waals surface area contributed by atoms with Crippen LogP contribution in [-0.2, 0) is 0 Å². The van der Waals surface area contributed by atoms with Crippen LogP contribution < -0.4 is 11.1 Å². The lowest BCUT2D eigenvalue weighted by Crippen LogP contribution is -2.18. The quantitative estimate of drug-likeness (QED) is 0.582. The highest BCUT2D eigenvalue weighted by atomic mass is 79.9. The highest BCUT2D eigenvalue weighted by molar-refractivity contribution is 9.10. The van der Waals surface area contributed by atoms with Gasteiger partial charge in [-0.05, 0) is 12.1 Å². The summed E-state index contributed by atoms with van der Waals surface area (Å²) in [5.41, 5.74) is 0.425. The average molecular weight is 280 g/mol. The predicted octanol–water partition coefficient (Wildman–Crippen LogP) is 1.46. The smallest absolute Gasteiger partial charge is 0.286 e. The molecule has 0 aliphatic carbocycles. The van der Waals surface area contributed by atoms with Gasteiger partial charge in [0.25, 0.3) is 11.1 Å². The minimum Gasteiger partial charge on any atom is -0.350 e. The van der Waals surface area contributed by atoms with E-state index in [1.54, 1.807) is 6.07 Å². The number of benzene rings is 1. The Bertz CT molecular complexity index is 812. The lowest BCUT2D eigenvalue weighted by atomic mass is 10.2. The monoisotopic (exact) mass is 279 g/mol. The molecule has 0 spiro atoms. The van der Waals surface area contributed by atoms with Crippen LogP contribution in [0.3, 0.4) is 0 Å². The molecule has 2 heterocycles. The average Bonchev–Trinajstić information content (AvgIpc) is 2.63. The number of nitrogens with one attached hydrogen (secondary N) is 3. The van der Waals surface area contributed by atoms with Crippen LogP contribution in [0, 0.1) is 0 Å². The van der Waals surface area contributed by atoms with Crippen molar-refractivity contribution in [3.63, 3.8) is 0 Å². The summed E-state index contributed by atoms with van der Waals surface area (Å²) < 4.78 is 0.888. The molecular formula is C10H6BrN3O2. The number of aromatic amines is 3. The maximum absolute atomic E-state index is 11.6. The van der Waals surface area contributed by atoms with E-state index in [0.717, 1.165) is 15.4 Å². The van der Waals surface area contributed by atoms with Crippen molar-refractivity contribution >= 4 is 37.7 Å². The number of H-pyrrole nitrogens is 3. The van der Waals surface area contributed by atoms with Crippen LogP contribution >= 0.6 is 15.9 Å². The van der Waals surface area contributed by atoms with E-state index >= 15 is 0 Å². The van der Waals surface area contributed by atoms with Crippen LogP contribution in [0.25, 0.3) is 21.8 Å². The molecule has 0 unspecified atom stereocenters. The number of hydrogen-bond acceptors (Lipinski definition) is 2. The summed E-state index contributed by atoms with van der Waals surface area (Å²) in [5, 5.41) is 5.73. The van der Waals surface area contributed by atoms with E-state index in [-0.39, 0.29) is 11.1 Å². The molecule has 0 fully saturated rings. The van der Waals surface area contributed by atoms with Crippen molar-refractivity contribution in [1.82, 2.24) is 15.2 Å². The fourth-order valence-electron chi connectivity index (χ4n) is 1.81. The van der Waals surface area contributed by atoms with Gasteiger partial charge in [-0.3, -0.25) is 19.8 Å². The third-order valence-corrected chi connectivity index (χ3v) is 3.00. The molecule has 80 valence electrons. The summed E-state index contributed by atoms with van der Waals surface area (Å²) in [7, 11) is 0. The van der Waals surface area contributed by atoms with E-state index in [2.05, 4.69) is 31.1 Å². The molecule has 0 amide bonds. The molecule has 0 aliphatic rings. The van der Waals surface area contributed by atoms with Gasteiger partial charge in [-0.15, -0.1) is 0 Å². The van der Waals surface area contributed by atoms with Crippen molar-refractivity contribution in [2.75, 3.05) is 0 Å². The maximum atomic E-state index is 11.6. The van der Waals surface area contributed by atoms with Gasteiger partial charge in [0.05, 0.1) is 5.39 Å². The molecule has 1 aromatic carbocycles. The molecule has 16 heavy (non-hydrogen) atoms. The van der Waals surface area contributed by atoms with E-state index < -0.39 is 0 Å². The lowest BCUT2D eigenvalue weighted by Gasteiger charge is -1.90. The largest absolute Gasteiger partial charge is 0.350 e. The number of aromatic nitrogens is 3. The Morgan fingerprint density at radius 2 is 1.81 bits per heavy atom. The van der Waals surface area contributed by atoms with Crippen molar-refractivity contribution in [3.05, 3.63) is 43.4 Å². The molecular weight excluding hydrogens is 274 g/mol. The van der Waals surface area contributed by atoms with Crippen molar-refractivity contribution in [2.24, 2.45) is 0 Å². The van der Waals surface area contributed by atoms with Crippen molar-refractivity contribution in [2.45, 2.75) is 0 Å². The van der Waals surface area contributed by atoms with Gasteiger partial charge in [0.2, 0.25) is 0 Å². The van der Waals surface area contributed by atoms with E-state index in [1.165, 1.54) is 0 Å². The first-order valence-corrected chi connectivity index (χ1v) is 5.38. The predicted molar refractivity (Wildman–Crippen MR) is 64.7 cm³/mol. The van der Waals surface area contributed by atoms with Gasteiger partial charge in [0, 0.05) is 15.4 Å². The Balaban J connectivity index is 2.71. The molecule has 3 N–H and O–H groups in total. The molecule has 0 atom stereocenters. The van der Waals surface area contributed by atoms with E-state index in [0.29, 0.717) is 10.9 Å². The molecule has 0 saturated carbocycles. The van der Waals surface area contributed by atoms with Crippen LogP contribution in [0.2, 0.25) is 0 Å². The fraction of sp³-hybridized carbons (Fsp3) is 0. The van der Waals surface area contributed by atoms with Gasteiger partial charge in [-0.25, -0.2) is 0 Å². The van der Waals surface area contributed by atoms with E-state index in [4.69, 9.17) is 0 Å². The minimum atomic E-state index is -0.332. The molecule has 6 heteroatoms. The molecule has 0 saturated heterocycles. The topological polar surface area (TPSA) is 81.5 Å². The second-order valence-corrected chi connectivity index (χ2v) is 4.39. The first kappa shape index (κ1) is 9.41. The summed E-state index contributed by atoms with van der Waals surface area (Å²) in [6.07, 6.45) is 0. The minimum absolute atomic E-state index is 0.303. The van der Waals surface area contributed by atoms with E-state index in [9.17, 15) is 9.59 Å². The van der Waals surface area contributed by atoms with Crippen LogP contribution in [0.1, 0.15) is 0 Å². The maximum Gasteiger partial charge on any atom is 0.286 e. The van der Waals surface area contributed by atoms with Gasteiger partial charge in [-0.1, -0.05) is 22.0 Å². The summed E-state index contributed by atoms with van der Waals surface area (Å²) in [6, 6.07) is 5.46. The van der Waals surface area contributed by atoms with Gasteiger partial charge in [0.15, 0.2) is 0 Å². The Labute approximate surface area is 96.6 Å². The van der Waals surface area contributed by atoms with Gasteiger partial charge in [0.1, 0.15) is 5.52 Å². The Morgan fingerprint density at radius 3 is 2.62 bits per heavy atom. The van der Waals surface area contributed by atoms with E-state index in [1.807, 2.05) is 12.1 Å². The fourth-order valence-corrected chi connectivity index (χ4v) is 2.18. The molecule has 3 rings (SSSR count). The van der Waals surface area contributed by atoms with Crippen LogP contribution in [-0.4, -0.2) is 15.2 Å². The Kier molecular flexibility index (Phi) is 1.81. The standard InChI is InChI=1S/C10H6BrN3O2/c11-4-1-2-5-6(3-4)12-8-7(5)9(15)13-14-10(8)16/h1-3,12H,(H,13,15)(H,14,16). The summed E-state index contributed by atoms with van der Waals surface area (Å²) in [5.74, 6) is 0. The van der Waals surface area contributed by atoms with Crippen molar-refractivity contribution in [1.29, 1.82) is 0 Å². The third kappa shape index (κ3) is 1.16. The summed E-state index contributed by atoms with van der Waals surface area (Å²) in [4.78, 5) is 26.1. The zero-order valence-electron chi connectivity index (χ0n) is 7.93. The molecule has 0 radical (unpaired) electrons. The first-order valence-electron chi connectivity index (χ1n) is 4.59. The number of fused-ring (bicyclic) bond motifs is 3. The van der Waals surface area contributed by atoms with Gasteiger partial charge >= 0.3 is 0 Å². The number of rotatable bonds is 0. The summed E-state index contributed by atoms with van der Waals surface area (Å²) in [6.45, 7) is 0. The number of hydrogen-bond donors (Lipinski definition) is 3. The SMILES string of the molecule is O=c1[nH][nH]c(=O)c2c1[nH]c1cc(Br)ccc12. The second-order valence-electron chi connectivity index (χ2n) is 3.47. The second kappa shape index (κ2) is 3.08. The summed E-state index contributed by atoms with van der Waals surface area (Å²) >= 11 is 3.33. The molecule has 3 aromatic rings. The highest BCUT2D eigenvalue weighted by Gasteiger charge is 2.10. The third-order valence-electron chi connectivity index (χ3n) is 2.50. The molecule has 0 bridgehead atoms. The molecule has 2 aromatic heterocycles.